The molecule has 0 aromatic heterocycles. The number of carbonyl (C=O) groups excluding carboxylic acids is 2. The highest BCUT2D eigenvalue weighted by molar-refractivity contribution is 6.08. The van der Waals surface area contributed by atoms with Gasteiger partial charge in [0.05, 0.1) is 6.61 Å². The first-order valence-electron chi connectivity index (χ1n) is 4.74. The van der Waals surface area contributed by atoms with E-state index in [9.17, 15) is 9.59 Å². The summed E-state index contributed by atoms with van der Waals surface area (Å²) in [6.45, 7) is 2.61. The second-order valence-electron chi connectivity index (χ2n) is 3.18. The van der Waals surface area contributed by atoms with Gasteiger partial charge in [0.25, 0.3) is 0 Å². The molecule has 0 saturated heterocycles. The number of hydrogen-bond acceptors (Lipinski definition) is 4. The Morgan fingerprint density at radius 1 is 1.36 bits per heavy atom. The Kier molecular flexibility index (Phi) is 12.0. The number of carbonyl (C=O) groups is 2. The van der Waals surface area contributed by atoms with Crippen LogP contribution in [0.25, 0.3) is 0 Å². The van der Waals surface area contributed by atoms with E-state index in [1.807, 2.05) is 0 Å². The van der Waals surface area contributed by atoms with Crippen LogP contribution in [-0.4, -0.2) is 44.7 Å². The molecule has 14 heavy (non-hydrogen) atoms. The molecule has 1 unspecified atom stereocenters. The molecular weight excluding hydrogens is 200 g/mol. The van der Waals surface area contributed by atoms with Crippen LogP contribution in [0, 0.1) is 0 Å². The average Bonchev–Trinajstić information content (AvgIpc) is 2.11. The van der Waals surface area contributed by atoms with Crippen molar-refractivity contribution in [3.05, 3.63) is 0 Å². The SMILES string of the molecule is CC(C)=O.O=C(CCC[SiH3])C(O)CO. The summed E-state index contributed by atoms with van der Waals surface area (Å²) >= 11 is 0. The quantitative estimate of drug-likeness (QED) is 0.587. The number of aliphatic hydroxyl groups excluding tert-OH is 2. The van der Waals surface area contributed by atoms with Crippen molar-refractivity contribution in [1.82, 2.24) is 0 Å². The molecule has 0 radical (unpaired) electrons. The number of hydrogen-bond donors (Lipinski definition) is 2. The predicted octanol–water partition coefficient (Wildman–Crippen LogP) is -0.932. The monoisotopic (exact) mass is 220 g/mol. The van der Waals surface area contributed by atoms with Crippen LogP contribution < -0.4 is 0 Å². The van der Waals surface area contributed by atoms with Crippen molar-refractivity contribution < 1.29 is 19.8 Å². The first kappa shape index (κ1) is 15.9. The lowest BCUT2D eigenvalue weighted by atomic mass is 10.1. The van der Waals surface area contributed by atoms with E-state index in [4.69, 9.17) is 10.2 Å². The molecule has 1 atom stereocenters. The van der Waals surface area contributed by atoms with E-state index in [2.05, 4.69) is 0 Å². The minimum absolute atomic E-state index is 0.167. The van der Waals surface area contributed by atoms with E-state index >= 15 is 0 Å². The molecule has 84 valence electrons. The van der Waals surface area contributed by atoms with Crippen molar-refractivity contribution >= 4 is 21.8 Å². The standard InChI is InChI=1S/C6H14O3Si.C3H6O/c7-4-6(9)5(8)2-1-3-10;1-3(2)4/h6-7,9H,1-4H2,10H3;1-2H3. The zero-order valence-electron chi connectivity index (χ0n) is 9.12. The molecule has 0 heterocycles. The molecule has 0 aliphatic carbocycles. The fraction of sp³-hybridized carbons (Fsp3) is 0.778. The minimum atomic E-state index is -1.15. The van der Waals surface area contributed by atoms with Crippen molar-refractivity contribution in [2.45, 2.75) is 38.8 Å². The van der Waals surface area contributed by atoms with Crippen molar-refractivity contribution in [3.8, 4) is 0 Å². The molecule has 0 spiro atoms. The maximum Gasteiger partial charge on any atom is 0.163 e. The first-order chi connectivity index (χ1) is 6.45. The Hall–Kier alpha value is -0.523. The van der Waals surface area contributed by atoms with Crippen molar-refractivity contribution in [2.75, 3.05) is 6.61 Å². The lowest BCUT2D eigenvalue weighted by Crippen LogP contribution is -2.23. The molecule has 0 amide bonds. The molecule has 2 N–H and O–H groups in total. The number of Topliss-reactive ketones (excluding diaryl/α,β-unsaturated/α-hetero) is 2. The smallest absolute Gasteiger partial charge is 0.163 e. The normalized spacial score (nSPS) is 11.4. The van der Waals surface area contributed by atoms with Crippen LogP contribution in [0.15, 0.2) is 0 Å². The summed E-state index contributed by atoms with van der Waals surface area (Å²) in [6.07, 6.45) is 0.112. The van der Waals surface area contributed by atoms with Gasteiger partial charge in [-0.2, -0.15) is 0 Å². The highest BCUT2D eigenvalue weighted by Gasteiger charge is 2.11. The van der Waals surface area contributed by atoms with E-state index in [-0.39, 0.29) is 11.6 Å². The molecule has 0 bridgehead atoms. The third kappa shape index (κ3) is 14.0. The maximum atomic E-state index is 10.7. The molecule has 0 fully saturated rings. The Morgan fingerprint density at radius 2 is 1.79 bits per heavy atom. The van der Waals surface area contributed by atoms with Crippen LogP contribution in [-0.2, 0) is 9.59 Å². The van der Waals surface area contributed by atoms with Gasteiger partial charge in [-0.1, -0.05) is 6.04 Å². The second kappa shape index (κ2) is 10.6. The van der Waals surface area contributed by atoms with Gasteiger partial charge < -0.3 is 15.0 Å². The van der Waals surface area contributed by atoms with Gasteiger partial charge >= 0.3 is 0 Å². The number of ketones is 2. The lowest BCUT2D eigenvalue weighted by Gasteiger charge is -2.03. The van der Waals surface area contributed by atoms with E-state index < -0.39 is 12.7 Å². The van der Waals surface area contributed by atoms with E-state index in [1.165, 1.54) is 13.8 Å². The van der Waals surface area contributed by atoms with Crippen LogP contribution in [0.4, 0.5) is 0 Å². The van der Waals surface area contributed by atoms with Crippen LogP contribution in [0.5, 0.6) is 0 Å². The minimum Gasteiger partial charge on any atom is -0.393 e. The topological polar surface area (TPSA) is 74.6 Å². The summed E-state index contributed by atoms with van der Waals surface area (Å²) in [5.41, 5.74) is 0. The van der Waals surface area contributed by atoms with Gasteiger partial charge in [0, 0.05) is 16.7 Å². The van der Waals surface area contributed by atoms with Crippen molar-refractivity contribution in [1.29, 1.82) is 0 Å². The Balaban J connectivity index is 0. The van der Waals surface area contributed by atoms with Gasteiger partial charge in [-0.15, -0.1) is 0 Å². The van der Waals surface area contributed by atoms with Gasteiger partial charge in [0.15, 0.2) is 5.78 Å². The number of rotatable bonds is 5. The number of aliphatic hydroxyl groups is 2. The Morgan fingerprint density at radius 3 is 2.07 bits per heavy atom. The third-order valence-electron chi connectivity index (χ3n) is 1.32. The van der Waals surface area contributed by atoms with E-state index in [0.717, 1.165) is 22.7 Å². The van der Waals surface area contributed by atoms with Crippen molar-refractivity contribution in [3.63, 3.8) is 0 Å². The van der Waals surface area contributed by atoms with E-state index in [1.54, 1.807) is 0 Å². The molecule has 0 saturated carbocycles. The Bertz CT molecular complexity index is 166. The molecule has 5 heteroatoms. The lowest BCUT2D eigenvalue weighted by molar-refractivity contribution is -0.128. The second-order valence-corrected chi connectivity index (χ2v) is 4.18. The molecule has 4 nitrogen and oxygen atoms in total. The largest absolute Gasteiger partial charge is 0.393 e. The molecule has 0 aliphatic rings. The summed E-state index contributed by atoms with van der Waals surface area (Å²) in [6, 6.07) is 1.07. The summed E-state index contributed by atoms with van der Waals surface area (Å²) in [5.74, 6) is -0.0710. The molecular formula is C9H20O4Si. The fourth-order valence-corrected chi connectivity index (χ4v) is 0.973. The average molecular weight is 220 g/mol. The molecule has 0 rings (SSSR count). The molecule has 0 aliphatic heterocycles. The van der Waals surface area contributed by atoms with Crippen LogP contribution in [0.3, 0.4) is 0 Å². The van der Waals surface area contributed by atoms with Crippen LogP contribution >= 0.6 is 0 Å². The van der Waals surface area contributed by atoms with Crippen LogP contribution in [0.2, 0.25) is 6.04 Å². The zero-order valence-corrected chi connectivity index (χ0v) is 11.1. The highest BCUT2D eigenvalue weighted by Crippen LogP contribution is 1.97. The fourth-order valence-electron chi connectivity index (χ4n) is 0.619. The summed E-state index contributed by atoms with van der Waals surface area (Å²) in [4.78, 5) is 20.2. The first-order valence-corrected chi connectivity index (χ1v) is 6.15. The van der Waals surface area contributed by atoms with Gasteiger partial charge in [0.2, 0.25) is 0 Å². The summed E-state index contributed by atoms with van der Waals surface area (Å²) in [5, 5.41) is 17.1. The summed E-state index contributed by atoms with van der Waals surface area (Å²) < 4.78 is 0. The van der Waals surface area contributed by atoms with Gasteiger partial charge in [-0.3, -0.25) is 4.79 Å². The van der Waals surface area contributed by atoms with Gasteiger partial charge in [0.1, 0.15) is 11.9 Å². The molecule has 0 aromatic carbocycles. The third-order valence-corrected chi connectivity index (χ3v) is 2.03. The van der Waals surface area contributed by atoms with E-state index in [0.29, 0.717) is 6.42 Å². The van der Waals surface area contributed by atoms with Gasteiger partial charge in [-0.05, 0) is 20.3 Å². The maximum absolute atomic E-state index is 10.7. The predicted molar refractivity (Wildman–Crippen MR) is 58.4 cm³/mol. The van der Waals surface area contributed by atoms with Crippen molar-refractivity contribution in [2.24, 2.45) is 0 Å². The summed E-state index contributed by atoms with van der Waals surface area (Å²) in [7, 11) is 1.10. The Labute approximate surface area is 87.7 Å². The zero-order chi connectivity index (χ0) is 11.6. The van der Waals surface area contributed by atoms with Gasteiger partial charge in [-0.25, -0.2) is 0 Å². The highest BCUT2D eigenvalue weighted by atomic mass is 28.1. The molecule has 0 aromatic rings. The van der Waals surface area contributed by atoms with Crippen LogP contribution in [0.1, 0.15) is 26.7 Å².